The molecule has 3 nitrogen and oxygen atoms in total. The van der Waals surface area contributed by atoms with E-state index in [0.29, 0.717) is 12.4 Å². The number of rotatable bonds is 24. The van der Waals surface area contributed by atoms with Crippen LogP contribution >= 0.6 is 0 Å². The fourth-order valence-electron chi connectivity index (χ4n) is 5.27. The van der Waals surface area contributed by atoms with Crippen molar-refractivity contribution in [2.24, 2.45) is 0 Å². The summed E-state index contributed by atoms with van der Waals surface area (Å²) in [4.78, 5) is 0. The first-order chi connectivity index (χ1) is 17.6. The van der Waals surface area contributed by atoms with Crippen molar-refractivity contribution in [2.75, 3.05) is 6.61 Å². The molecule has 0 heterocycles. The predicted molar refractivity (Wildman–Crippen MR) is 157 cm³/mol. The smallest absolute Gasteiger partial charge is 0.201 e. The molecule has 0 bridgehead atoms. The van der Waals surface area contributed by atoms with Crippen molar-refractivity contribution in [3.05, 3.63) is 16.7 Å². The van der Waals surface area contributed by atoms with Gasteiger partial charge in [0.1, 0.15) is 0 Å². The molecule has 1 aromatic carbocycles. The maximum absolute atomic E-state index is 11.1. The Kier molecular flexibility index (Phi) is 19.7. The first-order valence-electron chi connectivity index (χ1n) is 15.8. The van der Waals surface area contributed by atoms with Gasteiger partial charge in [0.05, 0.1) is 6.61 Å². The van der Waals surface area contributed by atoms with Crippen molar-refractivity contribution in [3.8, 4) is 17.2 Å². The zero-order chi connectivity index (χ0) is 26.4. The molecule has 1 aromatic rings. The number of aromatic hydroxyl groups is 2. The zero-order valence-electron chi connectivity index (χ0n) is 24.6. The highest BCUT2D eigenvalue weighted by atomic mass is 16.5. The molecule has 0 aliphatic carbocycles. The molecule has 0 amide bonds. The highest BCUT2D eigenvalue weighted by molar-refractivity contribution is 5.62. The lowest BCUT2D eigenvalue weighted by Gasteiger charge is -2.23. The van der Waals surface area contributed by atoms with Gasteiger partial charge in [-0.2, -0.15) is 0 Å². The van der Waals surface area contributed by atoms with Gasteiger partial charge in [-0.05, 0) is 50.5 Å². The molecular formula is C33H60O3. The van der Waals surface area contributed by atoms with E-state index >= 15 is 0 Å². The summed E-state index contributed by atoms with van der Waals surface area (Å²) in [5, 5.41) is 22.3. The molecule has 0 radical (unpaired) electrons. The Labute approximate surface area is 224 Å². The van der Waals surface area contributed by atoms with Crippen molar-refractivity contribution in [1.82, 2.24) is 0 Å². The third-order valence-corrected chi connectivity index (χ3v) is 7.56. The summed E-state index contributed by atoms with van der Waals surface area (Å²) >= 11 is 0. The highest BCUT2D eigenvalue weighted by Crippen LogP contribution is 2.46. The molecule has 0 aliphatic heterocycles. The van der Waals surface area contributed by atoms with Gasteiger partial charge in [0, 0.05) is 11.1 Å². The van der Waals surface area contributed by atoms with E-state index in [0.717, 1.165) is 50.5 Å². The molecule has 0 atom stereocenters. The SMILES string of the molecule is CCCCCCCCCOc1c(O)c(O)c(CCCCCC)c(CCCCCC)c1CCCCCC. The Morgan fingerprint density at radius 1 is 0.417 bits per heavy atom. The summed E-state index contributed by atoms with van der Waals surface area (Å²) in [5.41, 5.74) is 3.46. The molecule has 0 saturated heterocycles. The Hall–Kier alpha value is -1.38. The van der Waals surface area contributed by atoms with Crippen molar-refractivity contribution < 1.29 is 14.9 Å². The normalized spacial score (nSPS) is 11.3. The number of hydrogen-bond donors (Lipinski definition) is 2. The van der Waals surface area contributed by atoms with Crippen molar-refractivity contribution in [1.29, 1.82) is 0 Å². The van der Waals surface area contributed by atoms with E-state index in [1.807, 2.05) is 0 Å². The maximum atomic E-state index is 11.1. The van der Waals surface area contributed by atoms with E-state index in [2.05, 4.69) is 27.7 Å². The van der Waals surface area contributed by atoms with Gasteiger partial charge in [-0.1, -0.05) is 124 Å². The van der Waals surface area contributed by atoms with Crippen LogP contribution in [0.1, 0.15) is 166 Å². The summed E-state index contributed by atoms with van der Waals surface area (Å²) in [6.45, 7) is 9.60. The highest BCUT2D eigenvalue weighted by Gasteiger charge is 2.24. The molecule has 0 unspecified atom stereocenters. The molecular weight excluding hydrogens is 444 g/mol. The minimum atomic E-state index is -0.00811. The van der Waals surface area contributed by atoms with Gasteiger partial charge in [-0.15, -0.1) is 0 Å². The average Bonchev–Trinajstić information content (AvgIpc) is 2.88. The molecule has 1 rings (SSSR count). The van der Waals surface area contributed by atoms with Gasteiger partial charge in [-0.25, -0.2) is 0 Å². The summed E-state index contributed by atoms with van der Waals surface area (Å²) in [5.74, 6) is 0.660. The van der Waals surface area contributed by atoms with Crippen LogP contribution in [0.25, 0.3) is 0 Å². The van der Waals surface area contributed by atoms with Crippen molar-refractivity contribution in [3.63, 3.8) is 0 Å². The van der Waals surface area contributed by atoms with Crippen LogP contribution in [0.15, 0.2) is 0 Å². The van der Waals surface area contributed by atoms with Gasteiger partial charge in [0.15, 0.2) is 11.5 Å². The quantitative estimate of drug-likeness (QED) is 0.109. The molecule has 3 heteroatoms. The Bertz CT molecular complexity index is 668. The van der Waals surface area contributed by atoms with Crippen LogP contribution < -0.4 is 4.74 Å². The molecule has 2 N–H and O–H groups in total. The Morgan fingerprint density at radius 2 is 0.806 bits per heavy atom. The summed E-state index contributed by atoms with van der Waals surface area (Å²) in [6, 6.07) is 0. The second-order valence-corrected chi connectivity index (χ2v) is 10.9. The van der Waals surface area contributed by atoms with Gasteiger partial charge in [-0.3, -0.25) is 0 Å². The van der Waals surface area contributed by atoms with Crippen LogP contribution in [-0.4, -0.2) is 16.8 Å². The zero-order valence-corrected chi connectivity index (χ0v) is 24.6. The van der Waals surface area contributed by atoms with Gasteiger partial charge >= 0.3 is 0 Å². The molecule has 36 heavy (non-hydrogen) atoms. The molecule has 210 valence electrons. The number of hydrogen-bond acceptors (Lipinski definition) is 3. The Morgan fingerprint density at radius 3 is 1.31 bits per heavy atom. The fraction of sp³-hybridized carbons (Fsp3) is 0.818. The van der Waals surface area contributed by atoms with E-state index < -0.39 is 0 Å². The molecule has 0 aliphatic rings. The van der Waals surface area contributed by atoms with E-state index in [4.69, 9.17) is 4.74 Å². The van der Waals surface area contributed by atoms with Crippen LogP contribution in [-0.2, 0) is 19.3 Å². The van der Waals surface area contributed by atoms with E-state index in [9.17, 15) is 10.2 Å². The number of phenols is 2. The molecule has 0 fully saturated rings. The lowest BCUT2D eigenvalue weighted by atomic mass is 9.88. The first-order valence-corrected chi connectivity index (χ1v) is 15.8. The number of phenolic OH excluding ortho intramolecular Hbond substituents is 2. The second kappa shape index (κ2) is 21.7. The summed E-state index contributed by atoms with van der Waals surface area (Å²) in [7, 11) is 0. The van der Waals surface area contributed by atoms with Gasteiger partial charge in [0.2, 0.25) is 5.75 Å². The van der Waals surface area contributed by atoms with Crippen molar-refractivity contribution in [2.45, 2.75) is 169 Å². The van der Waals surface area contributed by atoms with Gasteiger partial charge < -0.3 is 14.9 Å². The molecule has 0 saturated carbocycles. The third-order valence-electron chi connectivity index (χ3n) is 7.56. The third kappa shape index (κ3) is 12.7. The Balaban J connectivity index is 3.10. The van der Waals surface area contributed by atoms with E-state index in [-0.39, 0.29) is 11.5 Å². The number of unbranched alkanes of at least 4 members (excludes halogenated alkanes) is 15. The van der Waals surface area contributed by atoms with Crippen LogP contribution in [0.2, 0.25) is 0 Å². The topological polar surface area (TPSA) is 49.7 Å². The lowest BCUT2D eigenvalue weighted by molar-refractivity contribution is 0.278. The minimum Gasteiger partial charge on any atom is -0.504 e. The van der Waals surface area contributed by atoms with Crippen LogP contribution in [0, 0.1) is 0 Å². The monoisotopic (exact) mass is 504 g/mol. The second-order valence-electron chi connectivity index (χ2n) is 10.9. The average molecular weight is 505 g/mol. The maximum Gasteiger partial charge on any atom is 0.201 e. The fourth-order valence-corrected chi connectivity index (χ4v) is 5.27. The number of ether oxygens (including phenoxy) is 1. The van der Waals surface area contributed by atoms with Crippen LogP contribution in [0.4, 0.5) is 0 Å². The summed E-state index contributed by atoms with van der Waals surface area (Å²) in [6.07, 6.45) is 25.7. The summed E-state index contributed by atoms with van der Waals surface area (Å²) < 4.78 is 6.29. The van der Waals surface area contributed by atoms with Crippen LogP contribution in [0.3, 0.4) is 0 Å². The van der Waals surface area contributed by atoms with Crippen molar-refractivity contribution >= 4 is 0 Å². The molecule has 0 spiro atoms. The first kappa shape index (κ1) is 32.6. The standard InChI is InChI=1S/C33H60O3/c1-5-9-13-17-18-19-23-27-36-33-30(26-22-16-12-8-4)28(24-20-14-10-6-2)29(31(34)32(33)35)25-21-15-11-7-3/h34-35H,5-27H2,1-4H3. The molecule has 0 aromatic heterocycles. The number of benzene rings is 1. The predicted octanol–water partition coefficient (Wildman–Crippen LogP) is 10.6. The van der Waals surface area contributed by atoms with E-state index in [1.165, 1.54) is 107 Å². The van der Waals surface area contributed by atoms with Crippen LogP contribution in [0.5, 0.6) is 17.2 Å². The van der Waals surface area contributed by atoms with Gasteiger partial charge in [0.25, 0.3) is 0 Å². The lowest BCUT2D eigenvalue weighted by Crippen LogP contribution is -2.08. The largest absolute Gasteiger partial charge is 0.504 e. The van der Waals surface area contributed by atoms with E-state index in [1.54, 1.807) is 0 Å². The minimum absolute atomic E-state index is 0.00811.